The second-order valence-electron chi connectivity index (χ2n) is 18.6. The van der Waals surface area contributed by atoms with Crippen molar-refractivity contribution in [2.75, 3.05) is 45.8 Å². The van der Waals surface area contributed by atoms with Crippen LogP contribution in [0.5, 0.6) is 0 Å². The molecule has 8 heteroatoms. The maximum absolute atomic E-state index is 4.20. The van der Waals surface area contributed by atoms with Gasteiger partial charge in [0.05, 0.1) is 0 Å². The van der Waals surface area contributed by atoms with E-state index in [-0.39, 0.29) is 11.6 Å². The van der Waals surface area contributed by atoms with Gasteiger partial charge in [-0.1, -0.05) is 183 Å². The van der Waals surface area contributed by atoms with Crippen LogP contribution in [0.3, 0.4) is 0 Å². The number of nitrogens with one attached hydrogen (secondary N) is 6. The lowest BCUT2D eigenvalue weighted by molar-refractivity contribution is -0.0762. The first-order valence-corrected chi connectivity index (χ1v) is 26.9. The standard InChI is InChI=1S/C51H112N8/c1-10-17-24-27-33-39-46-56-59(55-45-38-32-25-18-11-2)51(57-49(8)9,54-42-21-14-5)41-35-31-29-28-30-34-40-50(52-43-36-20-13-4,53-44-37-26-19-12-3)58(47-22-15-6)48-23-16-7/h49,52-57H,10-48H2,1-9H3. The zero-order chi connectivity index (χ0) is 43.6. The Labute approximate surface area is 372 Å². The Bertz CT molecular complexity index is 822. The molecule has 0 fully saturated rings. The van der Waals surface area contributed by atoms with Crippen LogP contribution in [-0.2, 0) is 0 Å². The topological polar surface area (TPSA) is 78.7 Å². The van der Waals surface area contributed by atoms with Gasteiger partial charge in [0, 0.05) is 32.2 Å². The SMILES string of the molecule is CCCCCCCCNN(NCCCCCCC)C(CCCCCCCCC(NCCCCC)(NCCCCCC)N(CCCC)CCCC)(NCCCC)NC(C)C. The average molecular weight is 838 g/mol. The summed E-state index contributed by atoms with van der Waals surface area (Å²) in [6.07, 6.45) is 41.1. The van der Waals surface area contributed by atoms with E-state index >= 15 is 0 Å². The minimum atomic E-state index is -0.318. The molecule has 0 aliphatic rings. The number of hydrogen-bond acceptors (Lipinski definition) is 8. The van der Waals surface area contributed by atoms with Gasteiger partial charge in [0.2, 0.25) is 0 Å². The predicted molar refractivity (Wildman–Crippen MR) is 265 cm³/mol. The number of rotatable bonds is 49. The van der Waals surface area contributed by atoms with Crippen LogP contribution in [0.4, 0.5) is 0 Å². The molecule has 0 aromatic heterocycles. The Morgan fingerprint density at radius 2 is 0.661 bits per heavy atom. The van der Waals surface area contributed by atoms with Gasteiger partial charge in [-0.15, -0.1) is 5.12 Å². The fourth-order valence-electron chi connectivity index (χ4n) is 8.56. The zero-order valence-corrected chi connectivity index (χ0v) is 42.0. The number of unbranched alkanes of at least 4 members (excludes halogenated alkanes) is 22. The summed E-state index contributed by atoms with van der Waals surface area (Å²) < 4.78 is 0. The summed E-state index contributed by atoms with van der Waals surface area (Å²) in [7, 11) is 0. The Balaban J connectivity index is 5.80. The highest BCUT2D eigenvalue weighted by molar-refractivity contribution is 4.88. The van der Waals surface area contributed by atoms with Crippen LogP contribution in [0.2, 0.25) is 0 Å². The van der Waals surface area contributed by atoms with Gasteiger partial charge in [0.15, 0.2) is 5.79 Å². The van der Waals surface area contributed by atoms with Crippen LogP contribution in [-0.4, -0.2) is 73.4 Å². The molecule has 2 unspecified atom stereocenters. The molecule has 59 heavy (non-hydrogen) atoms. The molecule has 356 valence electrons. The number of hydrazine groups is 2. The van der Waals surface area contributed by atoms with E-state index in [2.05, 4.69) is 104 Å². The largest absolute Gasteiger partial charge is 0.287 e. The van der Waals surface area contributed by atoms with Crippen LogP contribution in [0.1, 0.15) is 268 Å². The third-order valence-corrected chi connectivity index (χ3v) is 12.3. The normalized spacial score (nSPS) is 14.2. The molecule has 2 atom stereocenters. The van der Waals surface area contributed by atoms with Crippen molar-refractivity contribution < 1.29 is 0 Å². The minimum Gasteiger partial charge on any atom is -0.287 e. The lowest BCUT2D eigenvalue weighted by atomic mass is 10.0. The van der Waals surface area contributed by atoms with Gasteiger partial charge >= 0.3 is 0 Å². The van der Waals surface area contributed by atoms with Crippen molar-refractivity contribution in [3.8, 4) is 0 Å². The number of hydrogen-bond donors (Lipinski definition) is 6. The second kappa shape index (κ2) is 43.0. The van der Waals surface area contributed by atoms with E-state index in [1.165, 1.54) is 212 Å². The van der Waals surface area contributed by atoms with Crippen molar-refractivity contribution in [3.63, 3.8) is 0 Å². The van der Waals surface area contributed by atoms with Gasteiger partial charge in [-0.05, 0) is 104 Å². The predicted octanol–water partition coefficient (Wildman–Crippen LogP) is 13.3. The maximum Gasteiger partial charge on any atom is 0.153 e. The van der Waals surface area contributed by atoms with E-state index in [9.17, 15) is 0 Å². The minimum absolute atomic E-state index is 0.0778. The molecule has 0 aromatic rings. The Morgan fingerprint density at radius 1 is 0.339 bits per heavy atom. The summed E-state index contributed by atoms with van der Waals surface area (Å²) in [6.45, 7) is 28.6. The van der Waals surface area contributed by atoms with Crippen LogP contribution >= 0.6 is 0 Å². The number of nitrogens with zero attached hydrogens (tertiary/aromatic N) is 2. The van der Waals surface area contributed by atoms with Crippen molar-refractivity contribution in [2.24, 2.45) is 0 Å². The van der Waals surface area contributed by atoms with Gasteiger partial charge in [-0.25, -0.2) is 10.9 Å². The van der Waals surface area contributed by atoms with Crippen molar-refractivity contribution in [3.05, 3.63) is 0 Å². The van der Waals surface area contributed by atoms with Crippen molar-refractivity contribution >= 4 is 0 Å². The van der Waals surface area contributed by atoms with Gasteiger partial charge in [0.1, 0.15) is 5.79 Å². The first-order valence-electron chi connectivity index (χ1n) is 26.9. The summed E-state index contributed by atoms with van der Waals surface area (Å²) in [5, 5.41) is 19.0. The highest BCUT2D eigenvalue weighted by atomic mass is 15.8. The summed E-state index contributed by atoms with van der Waals surface area (Å²) in [5.74, 6) is -0.396. The average Bonchev–Trinajstić information content (AvgIpc) is 3.23. The Hall–Kier alpha value is -0.320. The molecule has 0 saturated carbocycles. The molecule has 0 heterocycles. The van der Waals surface area contributed by atoms with E-state index in [1.807, 2.05) is 0 Å². The quantitative estimate of drug-likeness (QED) is 0.0206. The van der Waals surface area contributed by atoms with E-state index < -0.39 is 0 Å². The van der Waals surface area contributed by atoms with Gasteiger partial charge in [-0.2, -0.15) is 0 Å². The first kappa shape index (κ1) is 58.7. The van der Waals surface area contributed by atoms with Gasteiger partial charge < -0.3 is 0 Å². The summed E-state index contributed by atoms with van der Waals surface area (Å²) in [4.78, 5) is 2.84. The molecule has 0 spiro atoms. The van der Waals surface area contributed by atoms with Gasteiger partial charge in [0.25, 0.3) is 0 Å². The third-order valence-electron chi connectivity index (χ3n) is 12.3. The Kier molecular flexibility index (Phi) is 42.7. The highest BCUT2D eigenvalue weighted by Gasteiger charge is 2.37. The van der Waals surface area contributed by atoms with Crippen LogP contribution < -0.4 is 32.1 Å². The zero-order valence-electron chi connectivity index (χ0n) is 42.0. The highest BCUT2D eigenvalue weighted by Crippen LogP contribution is 2.23. The fraction of sp³-hybridized carbons (Fsp3) is 1.00. The fourth-order valence-corrected chi connectivity index (χ4v) is 8.56. The summed E-state index contributed by atoms with van der Waals surface area (Å²) >= 11 is 0. The van der Waals surface area contributed by atoms with E-state index in [1.54, 1.807) is 0 Å². The molecule has 0 rings (SSSR count). The smallest absolute Gasteiger partial charge is 0.153 e. The summed E-state index contributed by atoms with van der Waals surface area (Å²) in [5.41, 5.74) is 7.86. The summed E-state index contributed by atoms with van der Waals surface area (Å²) in [6, 6.07) is 0.374. The molecular weight excluding hydrogens is 725 g/mol. The molecular formula is C51H112N8. The molecule has 0 aliphatic heterocycles. The van der Waals surface area contributed by atoms with Crippen LogP contribution in [0.15, 0.2) is 0 Å². The molecule has 0 aliphatic carbocycles. The molecule has 6 N–H and O–H groups in total. The van der Waals surface area contributed by atoms with E-state index in [0.717, 1.165) is 39.1 Å². The lowest BCUT2D eigenvalue weighted by Crippen LogP contribution is -2.75. The van der Waals surface area contributed by atoms with Gasteiger partial charge in [-0.3, -0.25) is 26.2 Å². The van der Waals surface area contributed by atoms with Crippen molar-refractivity contribution in [1.29, 1.82) is 0 Å². The molecule has 0 aromatic carbocycles. The molecule has 0 bridgehead atoms. The van der Waals surface area contributed by atoms with E-state index in [0.29, 0.717) is 6.04 Å². The maximum atomic E-state index is 4.20. The van der Waals surface area contributed by atoms with Crippen LogP contribution in [0, 0.1) is 0 Å². The Morgan fingerprint density at radius 3 is 1.12 bits per heavy atom. The van der Waals surface area contributed by atoms with Crippen molar-refractivity contribution in [2.45, 2.75) is 285 Å². The monoisotopic (exact) mass is 837 g/mol. The molecule has 0 saturated heterocycles. The molecule has 0 amide bonds. The third kappa shape index (κ3) is 31.2. The lowest BCUT2D eigenvalue weighted by Gasteiger charge is -2.46. The second-order valence-corrected chi connectivity index (χ2v) is 18.6. The van der Waals surface area contributed by atoms with E-state index in [4.69, 9.17) is 0 Å². The first-order chi connectivity index (χ1) is 28.8. The van der Waals surface area contributed by atoms with Crippen molar-refractivity contribution in [1.82, 2.24) is 42.1 Å². The molecule has 0 radical (unpaired) electrons. The molecule has 8 nitrogen and oxygen atoms in total. The van der Waals surface area contributed by atoms with Crippen LogP contribution in [0.25, 0.3) is 0 Å².